The molecule has 0 saturated carbocycles. The minimum absolute atomic E-state index is 0.0441. The fraction of sp³-hybridized carbons (Fsp3) is 0.533. The summed E-state index contributed by atoms with van der Waals surface area (Å²) >= 11 is 0. The highest BCUT2D eigenvalue weighted by atomic mass is 16.3. The van der Waals surface area contributed by atoms with Gasteiger partial charge in [0.25, 0.3) is 5.91 Å². The maximum absolute atomic E-state index is 12.3. The number of carbonyl (C=O) groups excluding carboxylic acids is 1. The number of amides is 1. The quantitative estimate of drug-likeness (QED) is 0.857. The number of aliphatic hydroxyl groups is 1. The lowest BCUT2D eigenvalue weighted by molar-refractivity contribution is 0.0519. The predicted octanol–water partition coefficient (Wildman–Crippen LogP) is 1.93. The molecule has 0 radical (unpaired) electrons. The number of rotatable bonds is 2. The van der Waals surface area contributed by atoms with E-state index in [1.54, 1.807) is 24.0 Å². The summed E-state index contributed by atoms with van der Waals surface area (Å²) in [5.41, 5.74) is 1.29. The molecule has 1 fully saturated rings. The summed E-state index contributed by atoms with van der Waals surface area (Å²) in [4.78, 5) is 14.1. The van der Waals surface area contributed by atoms with Crippen molar-refractivity contribution >= 4 is 5.91 Å². The Balaban J connectivity index is 2.05. The van der Waals surface area contributed by atoms with Crippen LogP contribution in [0.2, 0.25) is 0 Å². The Morgan fingerprint density at radius 3 is 2.53 bits per heavy atom. The number of benzene rings is 1. The molecular formula is C15H21NO3. The second-order valence-corrected chi connectivity index (χ2v) is 5.39. The third-order valence-corrected chi connectivity index (χ3v) is 3.89. The van der Waals surface area contributed by atoms with E-state index in [0.29, 0.717) is 18.7 Å². The lowest BCUT2D eigenvalue weighted by Crippen LogP contribution is -2.40. The van der Waals surface area contributed by atoms with Crippen LogP contribution >= 0.6 is 0 Å². The van der Waals surface area contributed by atoms with Gasteiger partial charge in [-0.3, -0.25) is 4.79 Å². The molecule has 1 aromatic carbocycles. The number of carbonyl (C=O) groups is 1. The second-order valence-electron chi connectivity index (χ2n) is 5.39. The van der Waals surface area contributed by atoms with Crippen LogP contribution in [0.1, 0.15) is 35.7 Å². The molecule has 1 saturated heterocycles. The SMILES string of the molecule is Cc1ccc(C(=O)N2CCC([C@@H](C)O)CC2)c(O)c1. The minimum Gasteiger partial charge on any atom is -0.507 e. The first kappa shape index (κ1) is 13.9. The van der Waals surface area contributed by atoms with E-state index in [1.165, 1.54) is 0 Å². The van der Waals surface area contributed by atoms with Gasteiger partial charge in [-0.15, -0.1) is 0 Å². The predicted molar refractivity (Wildman–Crippen MR) is 73.2 cm³/mol. The highest BCUT2D eigenvalue weighted by Gasteiger charge is 2.27. The standard InChI is InChI=1S/C15H21NO3/c1-10-3-4-13(14(18)9-10)15(19)16-7-5-12(6-8-16)11(2)17/h3-4,9,11-12,17-18H,5-8H2,1-2H3/t11-/m1/s1. The number of piperidine rings is 1. The van der Waals surface area contributed by atoms with Crippen molar-refractivity contribution in [3.8, 4) is 5.75 Å². The number of aromatic hydroxyl groups is 1. The van der Waals surface area contributed by atoms with E-state index < -0.39 is 0 Å². The molecule has 4 nitrogen and oxygen atoms in total. The number of aryl methyl sites for hydroxylation is 1. The molecule has 1 atom stereocenters. The summed E-state index contributed by atoms with van der Waals surface area (Å²) in [6.45, 7) is 4.96. The van der Waals surface area contributed by atoms with Gasteiger partial charge in [0.2, 0.25) is 0 Å². The molecule has 1 aromatic rings. The molecule has 1 aliphatic heterocycles. The van der Waals surface area contributed by atoms with Crippen molar-refractivity contribution in [2.24, 2.45) is 5.92 Å². The summed E-state index contributed by atoms with van der Waals surface area (Å²) < 4.78 is 0. The lowest BCUT2D eigenvalue weighted by Gasteiger charge is -2.33. The Morgan fingerprint density at radius 2 is 2.00 bits per heavy atom. The summed E-state index contributed by atoms with van der Waals surface area (Å²) in [5.74, 6) is 0.194. The summed E-state index contributed by atoms with van der Waals surface area (Å²) in [7, 11) is 0. The molecule has 0 bridgehead atoms. The molecule has 0 aromatic heterocycles. The second kappa shape index (κ2) is 5.61. The van der Waals surface area contributed by atoms with E-state index in [2.05, 4.69) is 0 Å². The fourth-order valence-electron chi connectivity index (χ4n) is 2.58. The van der Waals surface area contributed by atoms with Crippen molar-refractivity contribution < 1.29 is 15.0 Å². The van der Waals surface area contributed by atoms with Gasteiger partial charge in [-0.1, -0.05) is 6.07 Å². The van der Waals surface area contributed by atoms with Crippen molar-refractivity contribution in [1.82, 2.24) is 4.90 Å². The molecule has 0 unspecified atom stereocenters. The average molecular weight is 263 g/mol. The van der Waals surface area contributed by atoms with Gasteiger partial charge in [0.1, 0.15) is 5.75 Å². The van der Waals surface area contributed by atoms with Crippen molar-refractivity contribution in [2.75, 3.05) is 13.1 Å². The van der Waals surface area contributed by atoms with Crippen LogP contribution in [0.5, 0.6) is 5.75 Å². The first-order valence-electron chi connectivity index (χ1n) is 6.76. The van der Waals surface area contributed by atoms with Crippen LogP contribution in [0.4, 0.5) is 0 Å². The largest absolute Gasteiger partial charge is 0.507 e. The minimum atomic E-state index is -0.315. The lowest BCUT2D eigenvalue weighted by atomic mass is 9.92. The van der Waals surface area contributed by atoms with Gasteiger partial charge >= 0.3 is 0 Å². The van der Waals surface area contributed by atoms with Gasteiger partial charge in [0.15, 0.2) is 0 Å². The normalized spacial score (nSPS) is 18.4. The van der Waals surface area contributed by atoms with Crippen LogP contribution in [0, 0.1) is 12.8 Å². The van der Waals surface area contributed by atoms with Crippen molar-refractivity contribution in [3.63, 3.8) is 0 Å². The number of aliphatic hydroxyl groups excluding tert-OH is 1. The number of likely N-dealkylation sites (tertiary alicyclic amines) is 1. The average Bonchev–Trinajstić information content (AvgIpc) is 2.38. The molecule has 1 amide bonds. The smallest absolute Gasteiger partial charge is 0.257 e. The Labute approximate surface area is 113 Å². The first-order chi connectivity index (χ1) is 8.99. The number of nitrogens with zero attached hydrogens (tertiary/aromatic N) is 1. The Morgan fingerprint density at radius 1 is 1.37 bits per heavy atom. The maximum Gasteiger partial charge on any atom is 0.257 e. The van der Waals surface area contributed by atoms with E-state index in [9.17, 15) is 15.0 Å². The number of phenols is 1. The van der Waals surface area contributed by atoms with Gasteiger partial charge in [0.05, 0.1) is 11.7 Å². The maximum atomic E-state index is 12.3. The number of phenolic OH excluding ortho intramolecular Hbond substituents is 1. The van der Waals surface area contributed by atoms with Gasteiger partial charge in [0, 0.05) is 13.1 Å². The molecule has 1 aliphatic rings. The zero-order valence-corrected chi connectivity index (χ0v) is 11.5. The summed E-state index contributed by atoms with van der Waals surface area (Å²) in [5, 5.41) is 19.4. The molecule has 4 heteroatoms. The van der Waals surface area contributed by atoms with Gasteiger partial charge in [-0.2, -0.15) is 0 Å². The van der Waals surface area contributed by atoms with Crippen LogP contribution in [0.3, 0.4) is 0 Å². The van der Waals surface area contributed by atoms with E-state index in [1.807, 2.05) is 13.0 Å². The number of hydrogen-bond donors (Lipinski definition) is 2. The van der Waals surface area contributed by atoms with E-state index in [4.69, 9.17) is 0 Å². The van der Waals surface area contributed by atoms with Crippen molar-refractivity contribution in [1.29, 1.82) is 0 Å². The van der Waals surface area contributed by atoms with Gasteiger partial charge in [-0.05, 0) is 50.3 Å². The van der Waals surface area contributed by atoms with Gasteiger partial charge < -0.3 is 15.1 Å². The zero-order chi connectivity index (χ0) is 14.0. The van der Waals surface area contributed by atoms with Crippen LogP contribution in [0.15, 0.2) is 18.2 Å². The molecule has 0 spiro atoms. The number of hydrogen-bond acceptors (Lipinski definition) is 3. The van der Waals surface area contributed by atoms with Crippen LogP contribution in [-0.2, 0) is 0 Å². The van der Waals surface area contributed by atoms with E-state index >= 15 is 0 Å². The monoisotopic (exact) mass is 263 g/mol. The first-order valence-corrected chi connectivity index (χ1v) is 6.76. The highest BCUT2D eigenvalue weighted by Crippen LogP contribution is 2.25. The molecule has 1 heterocycles. The van der Waals surface area contributed by atoms with Crippen molar-refractivity contribution in [2.45, 2.75) is 32.8 Å². The molecule has 2 N–H and O–H groups in total. The molecule has 2 rings (SSSR count). The van der Waals surface area contributed by atoms with Crippen LogP contribution in [0.25, 0.3) is 0 Å². The zero-order valence-electron chi connectivity index (χ0n) is 11.5. The fourth-order valence-corrected chi connectivity index (χ4v) is 2.58. The molecule has 0 aliphatic carbocycles. The van der Waals surface area contributed by atoms with E-state index in [0.717, 1.165) is 18.4 Å². The molecule has 19 heavy (non-hydrogen) atoms. The topological polar surface area (TPSA) is 60.8 Å². The summed E-state index contributed by atoms with van der Waals surface area (Å²) in [6, 6.07) is 5.11. The van der Waals surface area contributed by atoms with Crippen molar-refractivity contribution in [3.05, 3.63) is 29.3 Å². The third kappa shape index (κ3) is 3.07. The highest BCUT2D eigenvalue weighted by molar-refractivity contribution is 5.96. The Bertz CT molecular complexity index is 462. The molecular weight excluding hydrogens is 242 g/mol. The van der Waals surface area contributed by atoms with Crippen LogP contribution in [-0.4, -0.2) is 40.2 Å². The van der Waals surface area contributed by atoms with Gasteiger partial charge in [-0.25, -0.2) is 0 Å². The Kier molecular flexibility index (Phi) is 4.10. The van der Waals surface area contributed by atoms with E-state index in [-0.39, 0.29) is 23.7 Å². The third-order valence-electron chi connectivity index (χ3n) is 3.89. The summed E-state index contributed by atoms with van der Waals surface area (Å²) in [6.07, 6.45) is 1.32. The van der Waals surface area contributed by atoms with Crippen LogP contribution < -0.4 is 0 Å². The Hall–Kier alpha value is -1.55. The molecule has 104 valence electrons.